The summed E-state index contributed by atoms with van der Waals surface area (Å²) in [5, 5.41) is 86.7. The summed E-state index contributed by atoms with van der Waals surface area (Å²) < 4.78 is 18.8. The molecular weight excluding hydrogens is 680 g/mol. The number of hydrogen-bond donors (Lipinski definition) is 8. The molecular formula is C42H72O11. The van der Waals surface area contributed by atoms with E-state index in [0.717, 1.165) is 31.1 Å². The Morgan fingerprint density at radius 2 is 1.26 bits per heavy atom. The Balaban J connectivity index is 1.24. The van der Waals surface area contributed by atoms with Gasteiger partial charge in [0, 0.05) is 5.92 Å². The smallest absolute Gasteiger partial charge is 0.203 e. The molecule has 2 heterocycles. The zero-order valence-electron chi connectivity index (χ0n) is 33.5. The minimum atomic E-state index is -2.09. The molecule has 8 N–H and O–H groups in total. The third-order valence-electron chi connectivity index (χ3n) is 18.4. The average molecular weight is 753 g/mol. The fourth-order valence-corrected chi connectivity index (χ4v) is 15.5. The zero-order chi connectivity index (χ0) is 38.8. The van der Waals surface area contributed by atoms with Crippen LogP contribution in [0.4, 0.5) is 0 Å². The number of ether oxygens (including phenoxy) is 3. The first-order valence-corrected chi connectivity index (χ1v) is 21.0. The van der Waals surface area contributed by atoms with Crippen LogP contribution in [0.5, 0.6) is 0 Å². The van der Waals surface area contributed by atoms with Crippen molar-refractivity contribution in [2.45, 2.75) is 181 Å². The molecule has 7 fully saturated rings. The highest BCUT2D eigenvalue weighted by molar-refractivity contribution is 5.20. The molecule has 11 heteroatoms. The molecule has 0 aromatic rings. The molecule has 2 saturated heterocycles. The van der Waals surface area contributed by atoms with Crippen LogP contribution in [-0.2, 0) is 14.2 Å². The normalized spacial score (nSPS) is 58.0. The average Bonchev–Trinajstić information content (AvgIpc) is 3.46. The first kappa shape index (κ1) is 40.7. The summed E-state index contributed by atoms with van der Waals surface area (Å²) in [5.41, 5.74) is 0.195. The molecule has 0 spiro atoms. The van der Waals surface area contributed by atoms with Crippen LogP contribution in [0.2, 0.25) is 0 Å². The number of aliphatic hydroxyl groups excluding tert-OH is 8. The highest BCUT2D eigenvalue weighted by Crippen LogP contribution is 2.78. The molecule has 7 aliphatic rings. The van der Waals surface area contributed by atoms with Crippen molar-refractivity contribution in [2.75, 3.05) is 13.2 Å². The first-order valence-electron chi connectivity index (χ1n) is 21.0. The van der Waals surface area contributed by atoms with Gasteiger partial charge in [0.05, 0.1) is 13.2 Å². The molecule has 5 aliphatic carbocycles. The summed E-state index contributed by atoms with van der Waals surface area (Å²) in [6, 6.07) is 0. The van der Waals surface area contributed by atoms with Gasteiger partial charge in [-0.1, -0.05) is 55.4 Å². The predicted octanol–water partition coefficient (Wildman–Crippen LogP) is 3.35. The molecule has 306 valence electrons. The molecule has 2 aliphatic heterocycles. The van der Waals surface area contributed by atoms with Crippen LogP contribution in [0.1, 0.15) is 120 Å². The molecule has 0 aromatic carbocycles. The van der Waals surface area contributed by atoms with Crippen LogP contribution in [0.15, 0.2) is 0 Å². The highest BCUT2D eigenvalue weighted by atomic mass is 16.8. The Morgan fingerprint density at radius 3 is 1.91 bits per heavy atom. The van der Waals surface area contributed by atoms with Gasteiger partial charge in [-0.2, -0.15) is 0 Å². The lowest BCUT2D eigenvalue weighted by atomic mass is 9.31. The van der Waals surface area contributed by atoms with Gasteiger partial charge in [0.25, 0.3) is 0 Å². The lowest BCUT2D eigenvalue weighted by molar-refractivity contribution is -0.448. The van der Waals surface area contributed by atoms with Crippen LogP contribution in [-0.4, -0.2) is 115 Å². The van der Waals surface area contributed by atoms with Gasteiger partial charge in [-0.25, -0.2) is 0 Å². The number of hydrogen-bond acceptors (Lipinski definition) is 11. The van der Waals surface area contributed by atoms with Crippen molar-refractivity contribution in [3.05, 3.63) is 0 Å². The van der Waals surface area contributed by atoms with E-state index in [1.54, 1.807) is 0 Å². The maximum Gasteiger partial charge on any atom is 0.203 e. The van der Waals surface area contributed by atoms with Crippen LogP contribution < -0.4 is 0 Å². The molecule has 11 nitrogen and oxygen atoms in total. The largest absolute Gasteiger partial charge is 0.394 e. The molecule has 20 atom stereocenters. The van der Waals surface area contributed by atoms with Crippen LogP contribution in [0.3, 0.4) is 0 Å². The van der Waals surface area contributed by atoms with E-state index in [-0.39, 0.29) is 22.2 Å². The van der Waals surface area contributed by atoms with E-state index in [0.29, 0.717) is 29.6 Å². The van der Waals surface area contributed by atoms with Gasteiger partial charge in [0.1, 0.15) is 48.8 Å². The van der Waals surface area contributed by atoms with Gasteiger partial charge >= 0.3 is 0 Å². The molecule has 5 saturated carbocycles. The van der Waals surface area contributed by atoms with Gasteiger partial charge in [0.2, 0.25) is 5.79 Å². The van der Waals surface area contributed by atoms with Crippen molar-refractivity contribution in [1.29, 1.82) is 0 Å². The Bertz CT molecular complexity index is 1340. The molecule has 53 heavy (non-hydrogen) atoms. The van der Waals surface area contributed by atoms with Crippen molar-refractivity contribution in [1.82, 2.24) is 0 Å². The maximum atomic E-state index is 12.0. The van der Waals surface area contributed by atoms with Gasteiger partial charge in [0.15, 0.2) is 6.29 Å². The monoisotopic (exact) mass is 753 g/mol. The number of rotatable bonds is 6. The SMILES string of the molecule is CC(C)[C@@H]1CC[C@]2(C)CC[C@]3(C)[C@H](CC[C@@H]4[C@@]5(C)CC[C@@H]([C@@]6(O[C@@H]7O[C@H](CO)[C@@H](O)[C@H](O)[C@H]7O)O[C@H](CO)[C@@H](O)[C@H](O)[C@H]6O)C(C)(C)[C@@H]5CC[C@]43C)[C@@H]12. The Hall–Kier alpha value is -0.440. The van der Waals surface area contributed by atoms with E-state index in [9.17, 15) is 40.9 Å². The van der Waals surface area contributed by atoms with Crippen molar-refractivity contribution in [3.8, 4) is 0 Å². The summed E-state index contributed by atoms with van der Waals surface area (Å²) in [6.07, 6.45) is -3.50. The molecule has 0 aromatic heterocycles. The Labute approximate surface area is 316 Å². The fourth-order valence-electron chi connectivity index (χ4n) is 15.5. The highest BCUT2D eigenvalue weighted by Gasteiger charge is 2.73. The molecule has 7 rings (SSSR count). The summed E-state index contributed by atoms with van der Waals surface area (Å²) >= 11 is 0. The van der Waals surface area contributed by atoms with Crippen molar-refractivity contribution in [2.24, 2.45) is 68.5 Å². The van der Waals surface area contributed by atoms with Crippen molar-refractivity contribution >= 4 is 0 Å². The van der Waals surface area contributed by atoms with E-state index >= 15 is 0 Å². The van der Waals surface area contributed by atoms with Gasteiger partial charge in [-0.15, -0.1) is 0 Å². The minimum absolute atomic E-state index is 0.0483. The Morgan fingerprint density at radius 1 is 0.623 bits per heavy atom. The second-order valence-corrected chi connectivity index (χ2v) is 21.0. The quantitative estimate of drug-likeness (QED) is 0.199. The third kappa shape index (κ3) is 5.59. The fraction of sp³-hybridized carbons (Fsp3) is 1.00. The topological polar surface area (TPSA) is 190 Å². The van der Waals surface area contributed by atoms with E-state index < -0.39 is 85.5 Å². The van der Waals surface area contributed by atoms with E-state index in [4.69, 9.17) is 14.2 Å². The number of fused-ring (bicyclic) bond motifs is 7. The van der Waals surface area contributed by atoms with Crippen molar-refractivity contribution in [3.63, 3.8) is 0 Å². The second-order valence-electron chi connectivity index (χ2n) is 21.0. The van der Waals surface area contributed by atoms with Crippen LogP contribution >= 0.6 is 0 Å². The lowest BCUT2D eigenvalue weighted by Crippen LogP contribution is -2.74. The summed E-state index contributed by atoms with van der Waals surface area (Å²) in [4.78, 5) is 0. The predicted molar refractivity (Wildman–Crippen MR) is 196 cm³/mol. The summed E-state index contributed by atoms with van der Waals surface area (Å²) in [5.74, 6) is 0.909. The van der Waals surface area contributed by atoms with E-state index in [2.05, 4.69) is 55.4 Å². The molecule has 0 radical (unpaired) electrons. The van der Waals surface area contributed by atoms with Crippen molar-refractivity contribution < 1.29 is 55.1 Å². The Kier molecular flexibility index (Phi) is 10.4. The lowest BCUT2D eigenvalue weighted by Gasteiger charge is -2.74. The van der Waals surface area contributed by atoms with Gasteiger partial charge in [-0.05, 0) is 127 Å². The zero-order valence-corrected chi connectivity index (χ0v) is 33.5. The van der Waals surface area contributed by atoms with E-state index in [1.165, 1.54) is 38.5 Å². The van der Waals surface area contributed by atoms with Crippen LogP contribution in [0, 0.1) is 68.5 Å². The third-order valence-corrected chi connectivity index (χ3v) is 18.4. The molecule has 0 unspecified atom stereocenters. The standard InChI is InChI=1S/C42H72O11/c1-21(2)22-11-14-38(5)17-18-40(7)23(29(22)38)9-10-28-39(6)15-12-27(37(3,4)26(39)13-16-41(28,40)8)42(35(50)33(48)31(46)25(20-44)52-42)53-36-34(49)32(47)30(45)24(19-43)51-36/h21-36,43-50H,9-20H2,1-8H3/t22-,23+,24+,25+,26-,27+,28+,29+,30+,31+,32-,33-,34+,35+,36-,38+,39-,40+,41+,42-/m0/s1. The maximum absolute atomic E-state index is 12.0. The summed E-state index contributed by atoms with van der Waals surface area (Å²) in [6.45, 7) is 18.2. The first-order chi connectivity index (χ1) is 24.7. The van der Waals surface area contributed by atoms with E-state index in [1.807, 2.05) is 0 Å². The number of aliphatic hydroxyl groups is 8. The van der Waals surface area contributed by atoms with Gasteiger partial charge in [-0.3, -0.25) is 0 Å². The molecule has 0 bridgehead atoms. The second kappa shape index (κ2) is 13.6. The summed E-state index contributed by atoms with van der Waals surface area (Å²) in [7, 11) is 0. The van der Waals surface area contributed by atoms with Gasteiger partial charge < -0.3 is 55.1 Å². The molecule has 0 amide bonds. The van der Waals surface area contributed by atoms with Crippen LogP contribution in [0.25, 0.3) is 0 Å². The minimum Gasteiger partial charge on any atom is -0.394 e.